The van der Waals surface area contributed by atoms with Crippen LogP contribution in [-0.2, 0) is 14.8 Å². The number of nitrogens with two attached hydrogens (primary N) is 1. The zero-order valence-corrected chi connectivity index (χ0v) is 13.0. The Morgan fingerprint density at radius 2 is 2.15 bits per heavy atom. The van der Waals surface area contributed by atoms with Crippen molar-refractivity contribution in [2.24, 2.45) is 5.14 Å². The lowest BCUT2D eigenvalue weighted by atomic mass is 10.1. The van der Waals surface area contributed by atoms with Gasteiger partial charge in [0.15, 0.2) is 0 Å². The number of halogens is 1. The standard InChI is InChI=1S/C12H15BrN2O4S/c13-9-4-8(5-11(6-9)20(14,17)18)12(16)15-10-2-1-3-19-7-10/h4-6,10H,1-3,7H2,(H,15,16)(H2,14,17,18). The molecule has 1 heterocycles. The van der Waals surface area contributed by atoms with E-state index in [1.165, 1.54) is 12.1 Å². The third kappa shape index (κ3) is 4.02. The number of ether oxygens (including phenoxy) is 1. The van der Waals surface area contributed by atoms with Gasteiger partial charge in [-0.1, -0.05) is 15.9 Å². The van der Waals surface area contributed by atoms with E-state index in [0.717, 1.165) is 12.8 Å². The van der Waals surface area contributed by atoms with E-state index in [4.69, 9.17) is 9.88 Å². The zero-order chi connectivity index (χ0) is 14.8. The summed E-state index contributed by atoms with van der Waals surface area (Å²) < 4.78 is 28.5. The van der Waals surface area contributed by atoms with Crippen molar-refractivity contribution >= 4 is 31.9 Å². The van der Waals surface area contributed by atoms with Gasteiger partial charge in [0.2, 0.25) is 10.0 Å². The molecule has 8 heteroatoms. The molecule has 1 aliphatic heterocycles. The number of benzene rings is 1. The minimum Gasteiger partial charge on any atom is -0.379 e. The zero-order valence-electron chi connectivity index (χ0n) is 10.6. The van der Waals surface area contributed by atoms with E-state index in [-0.39, 0.29) is 22.4 Å². The van der Waals surface area contributed by atoms with Crippen LogP contribution >= 0.6 is 15.9 Å². The van der Waals surface area contributed by atoms with Crippen LogP contribution in [0, 0.1) is 0 Å². The number of sulfonamides is 1. The highest BCUT2D eigenvalue weighted by Gasteiger charge is 2.19. The van der Waals surface area contributed by atoms with Gasteiger partial charge >= 0.3 is 0 Å². The predicted octanol–water partition coefficient (Wildman–Crippen LogP) is 1.01. The molecular formula is C12H15BrN2O4S. The maximum atomic E-state index is 12.1. The van der Waals surface area contributed by atoms with Crippen molar-refractivity contribution in [1.29, 1.82) is 0 Å². The second-order valence-electron chi connectivity index (χ2n) is 4.61. The molecule has 0 bridgehead atoms. The molecule has 1 unspecified atom stereocenters. The molecule has 0 aromatic heterocycles. The first kappa shape index (κ1) is 15.4. The lowest BCUT2D eigenvalue weighted by Crippen LogP contribution is -2.40. The number of carbonyl (C=O) groups is 1. The fourth-order valence-corrected chi connectivity index (χ4v) is 3.21. The van der Waals surface area contributed by atoms with Crippen LogP contribution in [0.25, 0.3) is 0 Å². The van der Waals surface area contributed by atoms with Crippen LogP contribution in [0.4, 0.5) is 0 Å². The van der Waals surface area contributed by atoms with Gasteiger partial charge < -0.3 is 10.1 Å². The molecule has 0 saturated carbocycles. The number of hydrogen-bond acceptors (Lipinski definition) is 4. The molecule has 1 aromatic carbocycles. The Balaban J connectivity index is 2.19. The van der Waals surface area contributed by atoms with Crippen LogP contribution in [0.2, 0.25) is 0 Å². The fourth-order valence-electron chi connectivity index (χ4n) is 1.98. The van der Waals surface area contributed by atoms with Crippen LogP contribution < -0.4 is 10.5 Å². The molecular weight excluding hydrogens is 348 g/mol. The van der Waals surface area contributed by atoms with Gasteiger partial charge in [-0.25, -0.2) is 13.6 Å². The summed E-state index contributed by atoms with van der Waals surface area (Å²) >= 11 is 3.17. The number of hydrogen-bond donors (Lipinski definition) is 2. The smallest absolute Gasteiger partial charge is 0.251 e. The summed E-state index contributed by atoms with van der Waals surface area (Å²) in [7, 11) is -3.85. The number of carbonyl (C=O) groups excluding carboxylic acids is 1. The maximum absolute atomic E-state index is 12.1. The highest BCUT2D eigenvalue weighted by Crippen LogP contribution is 2.19. The summed E-state index contributed by atoms with van der Waals surface area (Å²) in [6.07, 6.45) is 1.74. The summed E-state index contributed by atoms with van der Waals surface area (Å²) in [6.45, 7) is 1.18. The van der Waals surface area contributed by atoms with Crippen molar-refractivity contribution < 1.29 is 17.9 Å². The van der Waals surface area contributed by atoms with Crippen molar-refractivity contribution in [3.8, 4) is 0 Å². The van der Waals surface area contributed by atoms with Gasteiger partial charge in [-0.15, -0.1) is 0 Å². The second kappa shape index (κ2) is 6.21. The summed E-state index contributed by atoms with van der Waals surface area (Å²) in [5.74, 6) is -0.341. The first-order valence-electron chi connectivity index (χ1n) is 6.08. The Bertz CT molecular complexity index is 612. The molecule has 20 heavy (non-hydrogen) atoms. The maximum Gasteiger partial charge on any atom is 0.251 e. The molecule has 1 amide bonds. The minimum atomic E-state index is -3.85. The van der Waals surface area contributed by atoms with Gasteiger partial charge in [-0.2, -0.15) is 0 Å². The van der Waals surface area contributed by atoms with E-state index < -0.39 is 10.0 Å². The van der Waals surface area contributed by atoms with Crippen LogP contribution in [0.1, 0.15) is 23.2 Å². The first-order chi connectivity index (χ1) is 9.36. The van der Waals surface area contributed by atoms with E-state index in [1.807, 2.05) is 0 Å². The predicted molar refractivity (Wildman–Crippen MR) is 76.8 cm³/mol. The third-order valence-corrected chi connectivity index (χ3v) is 4.31. The quantitative estimate of drug-likeness (QED) is 0.837. The number of rotatable bonds is 3. The number of nitrogens with one attached hydrogen (secondary N) is 1. The van der Waals surface area contributed by atoms with E-state index in [0.29, 0.717) is 17.7 Å². The van der Waals surface area contributed by atoms with Gasteiger partial charge in [0, 0.05) is 16.6 Å². The topological polar surface area (TPSA) is 98.5 Å². The van der Waals surface area contributed by atoms with Gasteiger partial charge in [-0.3, -0.25) is 4.79 Å². The first-order valence-corrected chi connectivity index (χ1v) is 8.42. The Labute approximate surface area is 125 Å². The van der Waals surface area contributed by atoms with Crippen LogP contribution in [-0.4, -0.2) is 33.6 Å². The average Bonchev–Trinajstić information content (AvgIpc) is 2.38. The molecule has 3 N–H and O–H groups in total. The summed E-state index contributed by atoms with van der Waals surface area (Å²) in [4.78, 5) is 12.0. The van der Waals surface area contributed by atoms with Crippen molar-refractivity contribution in [3.63, 3.8) is 0 Å². The van der Waals surface area contributed by atoms with Gasteiger partial charge in [0.05, 0.1) is 17.5 Å². The Hall–Kier alpha value is -0.960. The summed E-state index contributed by atoms with van der Waals surface area (Å²) in [6, 6.07) is 4.12. The van der Waals surface area contributed by atoms with Gasteiger partial charge in [-0.05, 0) is 31.0 Å². The largest absolute Gasteiger partial charge is 0.379 e. The second-order valence-corrected chi connectivity index (χ2v) is 7.09. The highest BCUT2D eigenvalue weighted by molar-refractivity contribution is 9.10. The van der Waals surface area contributed by atoms with E-state index in [9.17, 15) is 13.2 Å². The number of primary sulfonamides is 1. The van der Waals surface area contributed by atoms with E-state index in [1.54, 1.807) is 6.07 Å². The Kier molecular flexibility index (Phi) is 4.79. The lowest BCUT2D eigenvalue weighted by molar-refractivity contribution is 0.0624. The van der Waals surface area contributed by atoms with E-state index >= 15 is 0 Å². The fraction of sp³-hybridized carbons (Fsp3) is 0.417. The molecule has 1 fully saturated rings. The van der Waals surface area contributed by atoms with Gasteiger partial charge in [0.25, 0.3) is 5.91 Å². The molecule has 1 aliphatic rings. The van der Waals surface area contributed by atoms with Crippen molar-refractivity contribution in [3.05, 3.63) is 28.2 Å². The minimum absolute atomic E-state index is 0.0480. The molecule has 0 radical (unpaired) electrons. The molecule has 1 atom stereocenters. The number of amides is 1. The van der Waals surface area contributed by atoms with E-state index in [2.05, 4.69) is 21.2 Å². The van der Waals surface area contributed by atoms with Crippen LogP contribution in [0.5, 0.6) is 0 Å². The third-order valence-electron chi connectivity index (χ3n) is 2.96. The van der Waals surface area contributed by atoms with Crippen LogP contribution in [0.15, 0.2) is 27.6 Å². The van der Waals surface area contributed by atoms with Crippen molar-refractivity contribution in [1.82, 2.24) is 5.32 Å². The SMILES string of the molecule is NS(=O)(=O)c1cc(Br)cc(C(=O)NC2CCCOC2)c1. The van der Waals surface area contributed by atoms with Crippen molar-refractivity contribution in [2.75, 3.05) is 13.2 Å². The summed E-state index contributed by atoms with van der Waals surface area (Å²) in [5.41, 5.74) is 0.244. The summed E-state index contributed by atoms with van der Waals surface area (Å²) in [5, 5.41) is 7.90. The molecule has 1 saturated heterocycles. The molecule has 1 aromatic rings. The Morgan fingerprint density at radius 3 is 2.75 bits per heavy atom. The monoisotopic (exact) mass is 362 g/mol. The molecule has 2 rings (SSSR count). The molecule has 0 spiro atoms. The molecule has 110 valence electrons. The van der Waals surface area contributed by atoms with Gasteiger partial charge in [0.1, 0.15) is 0 Å². The normalized spacial score (nSPS) is 19.6. The lowest BCUT2D eigenvalue weighted by Gasteiger charge is -2.23. The Morgan fingerprint density at radius 1 is 1.40 bits per heavy atom. The molecule has 6 nitrogen and oxygen atoms in total. The van der Waals surface area contributed by atoms with Crippen LogP contribution in [0.3, 0.4) is 0 Å². The molecule has 0 aliphatic carbocycles. The average molecular weight is 363 g/mol. The van der Waals surface area contributed by atoms with Crippen molar-refractivity contribution in [2.45, 2.75) is 23.8 Å². The highest BCUT2D eigenvalue weighted by atomic mass is 79.9.